The van der Waals surface area contributed by atoms with Gasteiger partial charge in [0.15, 0.2) is 0 Å². The van der Waals surface area contributed by atoms with Crippen LogP contribution < -0.4 is 5.32 Å². The summed E-state index contributed by atoms with van der Waals surface area (Å²) < 4.78 is 5.42. The van der Waals surface area contributed by atoms with Crippen LogP contribution in [0.25, 0.3) is 10.8 Å². The van der Waals surface area contributed by atoms with Crippen molar-refractivity contribution in [3.63, 3.8) is 0 Å². The molecule has 0 spiro atoms. The number of nitrogens with zero attached hydrogens (tertiary/aromatic N) is 1. The monoisotopic (exact) mass is 406 g/mol. The second-order valence-corrected chi connectivity index (χ2v) is 9.26. The molecule has 2 aromatic carbocycles. The molecule has 0 heterocycles. The van der Waals surface area contributed by atoms with Gasteiger partial charge in [-0.2, -0.15) is 5.26 Å². The number of carbonyl (C=O) groups is 2. The summed E-state index contributed by atoms with van der Waals surface area (Å²) in [6.07, 6.45) is 4.46. The summed E-state index contributed by atoms with van der Waals surface area (Å²) >= 11 is 0. The number of ether oxygens (including phenoxy) is 1. The Kier molecular flexibility index (Phi) is 6.77. The fourth-order valence-corrected chi connectivity index (χ4v) is 4.07. The summed E-state index contributed by atoms with van der Waals surface area (Å²) in [5, 5.41) is 14.2. The standard InChI is InChI=1S/C25H30N2O3/c1-25(2,3)30-24(29)15-17-6-10-22(11-7-17)27-23(28)14-18-4-8-21-13-19(16-26)5-9-20(21)12-18/h4-5,8-9,12-13,17,22H,6-7,10-11,14-15H2,1-3H3,(H,27,28). The first-order valence-corrected chi connectivity index (χ1v) is 10.7. The van der Waals surface area contributed by atoms with E-state index in [0.717, 1.165) is 42.0 Å². The van der Waals surface area contributed by atoms with Gasteiger partial charge in [0.2, 0.25) is 5.91 Å². The average Bonchev–Trinajstić information content (AvgIpc) is 2.67. The van der Waals surface area contributed by atoms with Gasteiger partial charge in [-0.3, -0.25) is 9.59 Å². The molecule has 0 aliphatic heterocycles. The van der Waals surface area contributed by atoms with Crippen molar-refractivity contribution in [3.8, 4) is 6.07 Å². The first-order chi connectivity index (χ1) is 14.2. The van der Waals surface area contributed by atoms with E-state index in [1.165, 1.54) is 0 Å². The van der Waals surface area contributed by atoms with Crippen LogP contribution in [0.3, 0.4) is 0 Å². The Morgan fingerprint density at radius 2 is 1.73 bits per heavy atom. The minimum Gasteiger partial charge on any atom is -0.460 e. The number of carbonyl (C=O) groups excluding carboxylic acids is 2. The summed E-state index contributed by atoms with van der Waals surface area (Å²) in [7, 11) is 0. The maximum atomic E-state index is 12.5. The zero-order valence-corrected chi connectivity index (χ0v) is 18.0. The van der Waals surface area contributed by atoms with Gasteiger partial charge in [-0.25, -0.2) is 0 Å². The molecule has 1 saturated carbocycles. The lowest BCUT2D eigenvalue weighted by Gasteiger charge is -2.29. The van der Waals surface area contributed by atoms with Crippen molar-refractivity contribution in [3.05, 3.63) is 47.5 Å². The smallest absolute Gasteiger partial charge is 0.306 e. The van der Waals surface area contributed by atoms with Gasteiger partial charge in [-0.1, -0.05) is 24.3 Å². The van der Waals surface area contributed by atoms with Crippen LogP contribution in [0, 0.1) is 17.2 Å². The molecule has 5 nitrogen and oxygen atoms in total. The molecule has 0 aromatic heterocycles. The third-order valence-corrected chi connectivity index (χ3v) is 5.49. The lowest BCUT2D eigenvalue weighted by molar-refractivity contribution is -0.156. The minimum atomic E-state index is -0.441. The van der Waals surface area contributed by atoms with E-state index in [1.807, 2.05) is 51.1 Å². The van der Waals surface area contributed by atoms with Crippen molar-refractivity contribution in [1.82, 2.24) is 5.32 Å². The van der Waals surface area contributed by atoms with Crippen LogP contribution >= 0.6 is 0 Å². The fraction of sp³-hybridized carbons (Fsp3) is 0.480. The van der Waals surface area contributed by atoms with Crippen LogP contribution in [0.5, 0.6) is 0 Å². The van der Waals surface area contributed by atoms with E-state index in [4.69, 9.17) is 10.00 Å². The number of esters is 1. The Balaban J connectivity index is 1.46. The second-order valence-electron chi connectivity index (χ2n) is 9.26. The first kappa shape index (κ1) is 21.8. The lowest BCUT2D eigenvalue weighted by Crippen LogP contribution is -2.38. The van der Waals surface area contributed by atoms with E-state index in [2.05, 4.69) is 11.4 Å². The van der Waals surface area contributed by atoms with E-state index in [1.54, 1.807) is 6.07 Å². The first-order valence-electron chi connectivity index (χ1n) is 10.7. The summed E-state index contributed by atoms with van der Waals surface area (Å²) in [4.78, 5) is 24.5. The van der Waals surface area contributed by atoms with E-state index in [9.17, 15) is 9.59 Å². The molecule has 1 fully saturated rings. The van der Waals surface area contributed by atoms with Gasteiger partial charge < -0.3 is 10.1 Å². The summed E-state index contributed by atoms with van der Waals surface area (Å²) in [5.74, 6) is 0.235. The molecule has 5 heteroatoms. The molecule has 0 bridgehead atoms. The van der Waals surface area contributed by atoms with Gasteiger partial charge in [0.1, 0.15) is 5.60 Å². The molecule has 0 unspecified atom stereocenters. The van der Waals surface area contributed by atoms with Crippen LogP contribution in [0.4, 0.5) is 0 Å². The summed E-state index contributed by atoms with van der Waals surface area (Å²) in [5.41, 5.74) is 1.15. The maximum absolute atomic E-state index is 12.5. The van der Waals surface area contributed by atoms with Gasteiger partial charge >= 0.3 is 5.97 Å². The van der Waals surface area contributed by atoms with E-state index < -0.39 is 5.60 Å². The zero-order valence-electron chi connectivity index (χ0n) is 18.0. The predicted octanol–water partition coefficient (Wildman–Crippen LogP) is 4.66. The Bertz CT molecular complexity index is 960. The molecule has 3 rings (SSSR count). The van der Waals surface area contributed by atoms with Crippen molar-refractivity contribution in [2.24, 2.45) is 5.92 Å². The maximum Gasteiger partial charge on any atom is 0.306 e. The average molecular weight is 407 g/mol. The quantitative estimate of drug-likeness (QED) is 0.733. The highest BCUT2D eigenvalue weighted by molar-refractivity contribution is 5.86. The van der Waals surface area contributed by atoms with Crippen LogP contribution in [0.2, 0.25) is 0 Å². The number of nitrogens with one attached hydrogen (secondary N) is 1. The molecular weight excluding hydrogens is 376 g/mol. The molecule has 2 aromatic rings. The third-order valence-electron chi connectivity index (χ3n) is 5.49. The SMILES string of the molecule is CC(C)(C)OC(=O)CC1CCC(NC(=O)Cc2ccc3cc(C#N)ccc3c2)CC1. The van der Waals surface area contributed by atoms with Crippen molar-refractivity contribution in [1.29, 1.82) is 5.26 Å². The molecule has 0 atom stereocenters. The molecule has 1 amide bonds. The highest BCUT2D eigenvalue weighted by Gasteiger charge is 2.26. The highest BCUT2D eigenvalue weighted by Crippen LogP contribution is 2.28. The second kappa shape index (κ2) is 9.30. The topological polar surface area (TPSA) is 79.2 Å². The molecule has 0 radical (unpaired) electrons. The number of amides is 1. The Labute approximate surface area is 178 Å². The van der Waals surface area contributed by atoms with Crippen LogP contribution in [0.1, 0.15) is 64.0 Å². The van der Waals surface area contributed by atoms with Crippen LogP contribution in [-0.4, -0.2) is 23.5 Å². The van der Waals surface area contributed by atoms with Crippen molar-refractivity contribution in [2.75, 3.05) is 0 Å². The normalized spacial score (nSPS) is 19.1. The largest absolute Gasteiger partial charge is 0.460 e. The predicted molar refractivity (Wildman–Crippen MR) is 117 cm³/mol. The number of benzene rings is 2. The minimum absolute atomic E-state index is 0.0265. The Hall–Kier alpha value is -2.87. The van der Waals surface area contributed by atoms with Crippen LogP contribution in [0.15, 0.2) is 36.4 Å². The van der Waals surface area contributed by atoms with E-state index in [0.29, 0.717) is 24.3 Å². The van der Waals surface area contributed by atoms with Gasteiger partial charge in [-0.15, -0.1) is 0 Å². The third kappa shape index (κ3) is 6.32. The summed E-state index contributed by atoms with van der Waals surface area (Å²) in [6, 6.07) is 13.8. The molecular formula is C25H30N2O3. The van der Waals surface area contributed by atoms with Gasteiger partial charge in [-0.05, 0) is 80.8 Å². The molecule has 0 saturated heterocycles. The van der Waals surface area contributed by atoms with Crippen molar-refractivity contribution in [2.45, 2.75) is 70.9 Å². The fourth-order valence-electron chi connectivity index (χ4n) is 4.07. The number of nitriles is 1. The van der Waals surface area contributed by atoms with Gasteiger partial charge in [0, 0.05) is 12.5 Å². The molecule has 1 N–H and O–H groups in total. The molecule has 1 aliphatic carbocycles. The number of hydrogen-bond donors (Lipinski definition) is 1. The lowest BCUT2D eigenvalue weighted by atomic mass is 9.84. The van der Waals surface area contributed by atoms with E-state index in [-0.39, 0.29) is 17.9 Å². The zero-order chi connectivity index (χ0) is 21.7. The Morgan fingerprint density at radius 3 is 2.40 bits per heavy atom. The van der Waals surface area contributed by atoms with Crippen molar-refractivity contribution >= 4 is 22.6 Å². The summed E-state index contributed by atoms with van der Waals surface area (Å²) in [6.45, 7) is 5.66. The highest BCUT2D eigenvalue weighted by atomic mass is 16.6. The number of hydrogen-bond acceptors (Lipinski definition) is 4. The molecule has 158 valence electrons. The van der Waals surface area contributed by atoms with Crippen molar-refractivity contribution < 1.29 is 14.3 Å². The number of rotatable bonds is 5. The van der Waals surface area contributed by atoms with E-state index >= 15 is 0 Å². The van der Waals surface area contributed by atoms with Gasteiger partial charge in [0.05, 0.1) is 18.1 Å². The van der Waals surface area contributed by atoms with Crippen LogP contribution in [-0.2, 0) is 20.7 Å². The Morgan fingerprint density at radius 1 is 1.07 bits per heavy atom. The number of fused-ring (bicyclic) bond motifs is 1. The molecule has 1 aliphatic rings. The molecule has 30 heavy (non-hydrogen) atoms. The van der Waals surface area contributed by atoms with Gasteiger partial charge in [0.25, 0.3) is 0 Å².